The summed E-state index contributed by atoms with van der Waals surface area (Å²) in [7, 11) is 0. The predicted octanol–water partition coefficient (Wildman–Crippen LogP) is 3.06. The lowest BCUT2D eigenvalue weighted by Gasteiger charge is -1.94. The summed E-state index contributed by atoms with van der Waals surface area (Å²) in [6, 6.07) is 6.15. The topological polar surface area (TPSA) is 42.9 Å². The van der Waals surface area contributed by atoms with Crippen molar-refractivity contribution in [1.82, 2.24) is 9.97 Å². The molecule has 0 unspecified atom stereocenters. The molecular weight excluding hydrogens is 251 g/mol. The third-order valence-electron chi connectivity index (χ3n) is 2.50. The third kappa shape index (κ3) is 1.89. The van der Waals surface area contributed by atoms with Gasteiger partial charge < -0.3 is 0 Å². The summed E-state index contributed by atoms with van der Waals surface area (Å²) in [6.07, 6.45) is 4.41. The van der Waals surface area contributed by atoms with Gasteiger partial charge in [-0.2, -0.15) is 0 Å². The molecule has 0 saturated carbocycles. The standard InChI is InChI=1S/C13H7FN2OS/c14-9-1-2-11-8(5-9)6-12(18-11)13(17)10-7-15-3-4-16-10/h1-7H. The van der Waals surface area contributed by atoms with E-state index in [1.54, 1.807) is 12.1 Å². The van der Waals surface area contributed by atoms with Crippen LogP contribution in [0.2, 0.25) is 0 Å². The van der Waals surface area contributed by atoms with Crippen LogP contribution in [0.5, 0.6) is 0 Å². The van der Waals surface area contributed by atoms with Gasteiger partial charge in [0, 0.05) is 17.1 Å². The molecule has 3 aromatic rings. The quantitative estimate of drug-likeness (QED) is 0.663. The number of hydrogen-bond donors (Lipinski definition) is 0. The maximum Gasteiger partial charge on any atom is 0.222 e. The van der Waals surface area contributed by atoms with Gasteiger partial charge in [0.15, 0.2) is 0 Å². The Morgan fingerprint density at radius 2 is 2.11 bits per heavy atom. The minimum atomic E-state index is -0.307. The molecule has 2 aromatic heterocycles. The number of aromatic nitrogens is 2. The van der Waals surface area contributed by atoms with Crippen molar-refractivity contribution in [3.05, 3.63) is 59.2 Å². The van der Waals surface area contributed by atoms with Gasteiger partial charge in [0.1, 0.15) is 11.5 Å². The van der Waals surface area contributed by atoms with E-state index in [1.165, 1.54) is 42.1 Å². The molecule has 0 aliphatic rings. The van der Waals surface area contributed by atoms with Crippen molar-refractivity contribution in [3.8, 4) is 0 Å². The zero-order valence-corrected chi connectivity index (χ0v) is 9.95. The molecule has 0 amide bonds. The van der Waals surface area contributed by atoms with Crippen LogP contribution in [-0.4, -0.2) is 15.8 Å². The van der Waals surface area contributed by atoms with E-state index in [0.717, 1.165) is 10.1 Å². The third-order valence-corrected chi connectivity index (χ3v) is 3.61. The minimum Gasteiger partial charge on any atom is -0.286 e. The smallest absolute Gasteiger partial charge is 0.222 e. The van der Waals surface area contributed by atoms with Crippen molar-refractivity contribution in [1.29, 1.82) is 0 Å². The van der Waals surface area contributed by atoms with Crippen LogP contribution in [0.25, 0.3) is 10.1 Å². The SMILES string of the molecule is O=C(c1cnccn1)c1cc2cc(F)ccc2s1. The molecule has 0 spiro atoms. The Balaban J connectivity index is 2.07. The molecule has 5 heteroatoms. The van der Waals surface area contributed by atoms with Crippen LogP contribution in [0.4, 0.5) is 4.39 Å². The molecule has 0 aliphatic carbocycles. The minimum absolute atomic E-state index is 0.190. The number of benzene rings is 1. The molecule has 0 fully saturated rings. The Kier molecular flexibility index (Phi) is 2.60. The highest BCUT2D eigenvalue weighted by Gasteiger charge is 2.14. The van der Waals surface area contributed by atoms with Crippen LogP contribution < -0.4 is 0 Å². The molecule has 0 bridgehead atoms. The van der Waals surface area contributed by atoms with E-state index < -0.39 is 0 Å². The molecule has 0 N–H and O–H groups in total. The number of fused-ring (bicyclic) bond motifs is 1. The Bertz CT molecular complexity index is 724. The van der Waals surface area contributed by atoms with E-state index >= 15 is 0 Å². The van der Waals surface area contributed by atoms with Crippen molar-refractivity contribution in [2.75, 3.05) is 0 Å². The first-order chi connectivity index (χ1) is 8.74. The molecule has 18 heavy (non-hydrogen) atoms. The van der Waals surface area contributed by atoms with Crippen molar-refractivity contribution in [2.45, 2.75) is 0 Å². The number of nitrogens with zero attached hydrogens (tertiary/aromatic N) is 2. The molecule has 0 radical (unpaired) electrons. The second-order valence-corrected chi connectivity index (χ2v) is 4.80. The number of carbonyl (C=O) groups is 1. The van der Waals surface area contributed by atoms with E-state index in [-0.39, 0.29) is 11.6 Å². The monoisotopic (exact) mass is 258 g/mol. The Hall–Kier alpha value is -2.14. The molecule has 0 atom stereocenters. The average molecular weight is 258 g/mol. The first-order valence-corrected chi connectivity index (χ1v) is 6.05. The van der Waals surface area contributed by atoms with Gasteiger partial charge in [0.05, 0.1) is 11.1 Å². The fraction of sp³-hybridized carbons (Fsp3) is 0. The molecule has 0 aliphatic heterocycles. The molecule has 3 rings (SSSR count). The highest BCUT2D eigenvalue weighted by Crippen LogP contribution is 2.27. The van der Waals surface area contributed by atoms with E-state index in [0.29, 0.717) is 10.6 Å². The summed E-state index contributed by atoms with van der Waals surface area (Å²) >= 11 is 1.32. The van der Waals surface area contributed by atoms with Crippen LogP contribution in [-0.2, 0) is 0 Å². The molecule has 3 nitrogen and oxygen atoms in total. The lowest BCUT2D eigenvalue weighted by atomic mass is 10.2. The predicted molar refractivity (Wildman–Crippen MR) is 67.2 cm³/mol. The highest BCUT2D eigenvalue weighted by molar-refractivity contribution is 7.21. The normalized spacial score (nSPS) is 10.7. The molecule has 0 saturated heterocycles. The van der Waals surface area contributed by atoms with E-state index in [9.17, 15) is 9.18 Å². The van der Waals surface area contributed by atoms with Gasteiger partial charge in [-0.05, 0) is 29.7 Å². The van der Waals surface area contributed by atoms with Gasteiger partial charge in [0.2, 0.25) is 5.78 Å². The molecule has 1 aromatic carbocycles. The summed E-state index contributed by atoms with van der Waals surface area (Å²) in [5.74, 6) is -0.497. The van der Waals surface area contributed by atoms with Gasteiger partial charge in [-0.1, -0.05) is 0 Å². The average Bonchev–Trinajstić information content (AvgIpc) is 2.81. The summed E-state index contributed by atoms with van der Waals surface area (Å²) in [5.41, 5.74) is 0.296. The summed E-state index contributed by atoms with van der Waals surface area (Å²) < 4.78 is 13.9. The lowest BCUT2D eigenvalue weighted by Crippen LogP contribution is -2.01. The summed E-state index contributed by atoms with van der Waals surface area (Å²) in [6.45, 7) is 0. The van der Waals surface area contributed by atoms with Crippen molar-refractivity contribution >= 4 is 27.2 Å². The molecular formula is C13H7FN2OS. The van der Waals surface area contributed by atoms with Gasteiger partial charge in [-0.25, -0.2) is 9.37 Å². The number of carbonyl (C=O) groups excluding carboxylic acids is 1. The molecule has 88 valence electrons. The summed E-state index contributed by atoms with van der Waals surface area (Å²) in [4.78, 5) is 20.5. The number of halogens is 1. The number of thiophene rings is 1. The fourth-order valence-corrected chi connectivity index (χ4v) is 2.66. The van der Waals surface area contributed by atoms with Gasteiger partial charge >= 0.3 is 0 Å². The summed E-state index contributed by atoms with van der Waals surface area (Å²) in [5, 5.41) is 0.729. The molecule has 2 heterocycles. The first-order valence-electron chi connectivity index (χ1n) is 5.24. The zero-order chi connectivity index (χ0) is 12.5. The van der Waals surface area contributed by atoms with Crippen molar-refractivity contribution < 1.29 is 9.18 Å². The number of hydrogen-bond acceptors (Lipinski definition) is 4. The number of rotatable bonds is 2. The Morgan fingerprint density at radius 3 is 2.89 bits per heavy atom. The van der Waals surface area contributed by atoms with E-state index in [1.807, 2.05) is 0 Å². The Labute approximate surface area is 106 Å². The largest absolute Gasteiger partial charge is 0.286 e. The van der Waals surface area contributed by atoms with Gasteiger partial charge in [-0.3, -0.25) is 9.78 Å². The maximum atomic E-state index is 13.1. The van der Waals surface area contributed by atoms with E-state index in [2.05, 4.69) is 9.97 Å². The zero-order valence-electron chi connectivity index (χ0n) is 9.13. The van der Waals surface area contributed by atoms with Gasteiger partial charge in [-0.15, -0.1) is 11.3 Å². The first kappa shape index (κ1) is 11.0. The van der Waals surface area contributed by atoms with Gasteiger partial charge in [0.25, 0.3) is 0 Å². The van der Waals surface area contributed by atoms with Crippen LogP contribution >= 0.6 is 11.3 Å². The van der Waals surface area contributed by atoms with Crippen LogP contribution in [0.15, 0.2) is 42.9 Å². The maximum absolute atomic E-state index is 13.1. The highest BCUT2D eigenvalue weighted by atomic mass is 32.1. The number of ketones is 1. The van der Waals surface area contributed by atoms with E-state index in [4.69, 9.17) is 0 Å². The van der Waals surface area contributed by atoms with Crippen LogP contribution in [0.3, 0.4) is 0 Å². The van der Waals surface area contributed by atoms with Crippen LogP contribution in [0.1, 0.15) is 15.4 Å². The van der Waals surface area contributed by atoms with Crippen molar-refractivity contribution in [3.63, 3.8) is 0 Å². The lowest BCUT2D eigenvalue weighted by molar-refractivity contribution is 0.103. The van der Waals surface area contributed by atoms with Crippen LogP contribution in [0, 0.1) is 5.82 Å². The Morgan fingerprint density at radius 1 is 1.22 bits per heavy atom. The second-order valence-electron chi connectivity index (χ2n) is 3.71. The fourth-order valence-electron chi connectivity index (χ4n) is 1.67. The van der Waals surface area contributed by atoms with Crippen molar-refractivity contribution in [2.24, 2.45) is 0 Å². The second kappa shape index (κ2) is 4.27.